The van der Waals surface area contributed by atoms with Crippen molar-refractivity contribution in [3.63, 3.8) is 0 Å². The molecule has 7 heteroatoms. The number of aryl methyl sites for hydroxylation is 1. The van der Waals surface area contributed by atoms with E-state index in [1.165, 1.54) is 0 Å². The van der Waals surface area contributed by atoms with Gasteiger partial charge in [-0.3, -0.25) is 0 Å². The van der Waals surface area contributed by atoms with E-state index < -0.39 is 10.0 Å². The Hall–Kier alpha value is -0.890. The van der Waals surface area contributed by atoms with Crippen LogP contribution in [0, 0.1) is 6.92 Å². The number of sulfonamides is 1. The van der Waals surface area contributed by atoms with Gasteiger partial charge < -0.3 is 14.5 Å². The molecule has 0 saturated carbocycles. The van der Waals surface area contributed by atoms with Crippen molar-refractivity contribution in [3.8, 4) is 0 Å². The van der Waals surface area contributed by atoms with Gasteiger partial charge in [0.2, 0.25) is 10.0 Å². The zero-order chi connectivity index (χ0) is 14.6. The topological polar surface area (TPSA) is 80.6 Å². The predicted octanol–water partition coefficient (Wildman–Crippen LogP) is 1.15. The van der Waals surface area contributed by atoms with Crippen molar-refractivity contribution in [3.05, 3.63) is 17.6 Å². The highest BCUT2D eigenvalue weighted by molar-refractivity contribution is 7.89. The Bertz CT molecular complexity index is 533. The lowest BCUT2D eigenvalue weighted by molar-refractivity contribution is 0.192. The fourth-order valence-corrected chi connectivity index (χ4v) is 3.64. The molecule has 0 aliphatic carbocycles. The van der Waals surface area contributed by atoms with E-state index in [4.69, 9.17) is 9.15 Å². The lowest BCUT2D eigenvalue weighted by Crippen LogP contribution is -2.35. The first-order valence-electron chi connectivity index (χ1n) is 6.93. The van der Waals surface area contributed by atoms with E-state index in [0.29, 0.717) is 37.7 Å². The summed E-state index contributed by atoms with van der Waals surface area (Å²) in [6.07, 6.45) is 1.73. The van der Waals surface area contributed by atoms with E-state index in [0.717, 1.165) is 13.0 Å². The minimum atomic E-state index is -3.54. The van der Waals surface area contributed by atoms with Gasteiger partial charge in [0, 0.05) is 18.7 Å². The summed E-state index contributed by atoms with van der Waals surface area (Å²) in [5, 5.41) is 3.19. The fraction of sp³-hybridized carbons (Fsp3) is 0.692. The van der Waals surface area contributed by atoms with E-state index in [1.807, 2.05) is 0 Å². The molecule has 2 N–H and O–H groups in total. The minimum Gasteiger partial charge on any atom is -0.464 e. The molecule has 1 aliphatic heterocycles. The summed E-state index contributed by atoms with van der Waals surface area (Å²) in [5.41, 5.74) is 0. The van der Waals surface area contributed by atoms with Crippen LogP contribution in [0.5, 0.6) is 0 Å². The lowest BCUT2D eigenvalue weighted by Gasteiger charge is -2.10. The third kappa shape index (κ3) is 3.82. The maximum atomic E-state index is 12.3. The summed E-state index contributed by atoms with van der Waals surface area (Å²) in [6, 6.07) is 1.45. The van der Waals surface area contributed by atoms with Crippen LogP contribution in [0.25, 0.3) is 0 Å². The normalized spacial score (nSPS) is 19.6. The van der Waals surface area contributed by atoms with Crippen LogP contribution in [0.3, 0.4) is 0 Å². The molecule has 1 aromatic rings. The lowest BCUT2D eigenvalue weighted by atomic mass is 10.3. The smallest absolute Gasteiger partial charge is 0.244 e. The summed E-state index contributed by atoms with van der Waals surface area (Å²) < 4.78 is 37.9. The van der Waals surface area contributed by atoms with E-state index in [-0.39, 0.29) is 10.9 Å². The highest BCUT2D eigenvalue weighted by atomic mass is 32.2. The third-order valence-electron chi connectivity index (χ3n) is 3.19. The van der Waals surface area contributed by atoms with Crippen LogP contribution in [0.1, 0.15) is 31.3 Å². The molecule has 1 unspecified atom stereocenters. The van der Waals surface area contributed by atoms with Gasteiger partial charge in [0.15, 0.2) is 0 Å². The average Bonchev–Trinajstić information content (AvgIpc) is 2.99. The van der Waals surface area contributed by atoms with Crippen molar-refractivity contribution in [2.75, 3.05) is 19.8 Å². The molecule has 2 rings (SSSR count). The summed E-state index contributed by atoms with van der Waals surface area (Å²) in [7, 11) is -3.54. The van der Waals surface area contributed by atoms with Crippen LogP contribution in [0.2, 0.25) is 0 Å². The molecule has 0 spiro atoms. The maximum Gasteiger partial charge on any atom is 0.244 e. The number of furan rings is 1. The molecule has 1 atom stereocenters. The largest absolute Gasteiger partial charge is 0.464 e. The SMILES string of the molecule is CCCNCc1cc(S(=O)(=O)NC2CCOC2)c(C)o1. The predicted molar refractivity (Wildman–Crippen MR) is 75.0 cm³/mol. The third-order valence-corrected chi connectivity index (χ3v) is 4.82. The highest BCUT2D eigenvalue weighted by Gasteiger charge is 2.26. The van der Waals surface area contributed by atoms with Gasteiger partial charge in [0.05, 0.1) is 13.2 Å². The van der Waals surface area contributed by atoms with E-state index in [9.17, 15) is 8.42 Å². The van der Waals surface area contributed by atoms with Crippen molar-refractivity contribution < 1.29 is 17.6 Å². The van der Waals surface area contributed by atoms with Crippen LogP contribution in [-0.4, -0.2) is 34.2 Å². The van der Waals surface area contributed by atoms with Gasteiger partial charge >= 0.3 is 0 Å². The van der Waals surface area contributed by atoms with Crippen LogP contribution in [0.4, 0.5) is 0 Å². The number of hydrogen-bond donors (Lipinski definition) is 2. The Balaban J connectivity index is 2.06. The van der Waals surface area contributed by atoms with Gasteiger partial charge in [-0.05, 0) is 26.3 Å². The standard InChI is InChI=1S/C13H22N2O4S/c1-3-5-14-8-12-7-13(10(2)19-12)20(16,17)15-11-4-6-18-9-11/h7,11,14-15H,3-6,8-9H2,1-2H3. The van der Waals surface area contributed by atoms with E-state index in [1.54, 1.807) is 13.0 Å². The maximum absolute atomic E-state index is 12.3. The van der Waals surface area contributed by atoms with Crippen molar-refractivity contribution in [1.29, 1.82) is 0 Å². The Kier molecular flexibility index (Phi) is 5.20. The molecular weight excluding hydrogens is 280 g/mol. The molecule has 6 nitrogen and oxygen atoms in total. The molecule has 1 aliphatic rings. The highest BCUT2D eigenvalue weighted by Crippen LogP contribution is 2.21. The second kappa shape index (κ2) is 6.71. The Morgan fingerprint density at radius 3 is 2.90 bits per heavy atom. The van der Waals surface area contributed by atoms with Crippen molar-refractivity contribution in [1.82, 2.24) is 10.0 Å². The molecule has 114 valence electrons. The Morgan fingerprint density at radius 2 is 2.25 bits per heavy atom. The second-order valence-corrected chi connectivity index (χ2v) is 6.67. The zero-order valence-electron chi connectivity index (χ0n) is 11.9. The fourth-order valence-electron chi connectivity index (χ4n) is 2.18. The number of hydrogen-bond acceptors (Lipinski definition) is 5. The quantitative estimate of drug-likeness (QED) is 0.739. The Morgan fingerprint density at radius 1 is 1.45 bits per heavy atom. The van der Waals surface area contributed by atoms with Gasteiger partial charge in [-0.1, -0.05) is 6.92 Å². The van der Waals surface area contributed by atoms with Crippen molar-refractivity contribution in [2.24, 2.45) is 0 Å². The van der Waals surface area contributed by atoms with E-state index in [2.05, 4.69) is 17.0 Å². The molecular formula is C13H22N2O4S. The van der Waals surface area contributed by atoms with Crippen LogP contribution in [-0.2, 0) is 21.3 Å². The van der Waals surface area contributed by atoms with Gasteiger partial charge in [0.1, 0.15) is 16.4 Å². The van der Waals surface area contributed by atoms with Crippen molar-refractivity contribution in [2.45, 2.75) is 44.2 Å². The zero-order valence-corrected chi connectivity index (χ0v) is 12.8. The molecule has 0 aromatic carbocycles. The van der Waals surface area contributed by atoms with Gasteiger partial charge in [-0.25, -0.2) is 13.1 Å². The van der Waals surface area contributed by atoms with Gasteiger partial charge in [0.25, 0.3) is 0 Å². The number of ether oxygens (including phenoxy) is 1. The number of rotatable bonds is 7. The molecule has 1 aromatic heterocycles. The minimum absolute atomic E-state index is 0.143. The first-order chi connectivity index (χ1) is 9.53. The van der Waals surface area contributed by atoms with Crippen molar-refractivity contribution >= 4 is 10.0 Å². The second-order valence-electron chi connectivity index (χ2n) is 4.99. The number of nitrogens with one attached hydrogen (secondary N) is 2. The molecule has 1 saturated heterocycles. The summed E-state index contributed by atoms with van der Waals surface area (Å²) in [5.74, 6) is 1.06. The summed E-state index contributed by atoms with van der Waals surface area (Å²) in [6.45, 7) is 6.19. The van der Waals surface area contributed by atoms with Crippen LogP contribution in [0.15, 0.2) is 15.4 Å². The average molecular weight is 302 g/mol. The first kappa shape index (κ1) is 15.5. The van der Waals surface area contributed by atoms with Gasteiger partial charge in [-0.2, -0.15) is 0 Å². The van der Waals surface area contributed by atoms with E-state index >= 15 is 0 Å². The Labute approximate surface area is 119 Å². The first-order valence-corrected chi connectivity index (χ1v) is 8.41. The van der Waals surface area contributed by atoms with Gasteiger partial charge in [-0.15, -0.1) is 0 Å². The summed E-state index contributed by atoms with van der Waals surface area (Å²) in [4.78, 5) is 0.220. The van der Waals surface area contributed by atoms with Crippen LogP contribution < -0.4 is 10.0 Å². The molecule has 1 fully saturated rings. The summed E-state index contributed by atoms with van der Waals surface area (Å²) >= 11 is 0. The monoisotopic (exact) mass is 302 g/mol. The molecule has 20 heavy (non-hydrogen) atoms. The molecule has 2 heterocycles. The van der Waals surface area contributed by atoms with Crippen LogP contribution >= 0.6 is 0 Å². The molecule has 0 radical (unpaired) electrons. The molecule has 0 amide bonds. The molecule has 0 bridgehead atoms.